The normalized spacial score (nSPS) is 26.5. The molecule has 0 spiro atoms. The second kappa shape index (κ2) is 4.77. The maximum absolute atomic E-state index is 5.60. The molecule has 1 aromatic carbocycles. The highest BCUT2D eigenvalue weighted by atomic mass is 14.9. The van der Waals surface area contributed by atoms with Gasteiger partial charge in [0.15, 0.2) is 0 Å². The minimum Gasteiger partial charge on any atom is -0.326 e. The Bertz CT molecular complexity index is 305. The standard InChI is InChI=1S/C13H20N2/c1-10-9-15-7-6-13(10)12-4-2-11(8-14)3-5-12/h2-5,10,13,15H,6-9,14H2,1H3. The van der Waals surface area contributed by atoms with Crippen molar-refractivity contribution in [3.05, 3.63) is 35.4 Å². The van der Waals surface area contributed by atoms with Crippen LogP contribution in [0.1, 0.15) is 30.4 Å². The molecule has 0 bridgehead atoms. The molecule has 0 amide bonds. The fourth-order valence-electron chi connectivity index (χ4n) is 2.41. The Morgan fingerprint density at radius 2 is 2.07 bits per heavy atom. The van der Waals surface area contributed by atoms with Gasteiger partial charge in [0.2, 0.25) is 0 Å². The van der Waals surface area contributed by atoms with Crippen molar-refractivity contribution in [2.24, 2.45) is 11.7 Å². The predicted molar refractivity (Wildman–Crippen MR) is 63.7 cm³/mol. The summed E-state index contributed by atoms with van der Waals surface area (Å²) in [6, 6.07) is 8.80. The molecular weight excluding hydrogens is 184 g/mol. The highest BCUT2D eigenvalue weighted by molar-refractivity contribution is 5.26. The molecule has 0 aliphatic carbocycles. The SMILES string of the molecule is CC1CNCCC1c1ccc(CN)cc1. The fraction of sp³-hybridized carbons (Fsp3) is 0.538. The third-order valence-electron chi connectivity index (χ3n) is 3.43. The quantitative estimate of drug-likeness (QED) is 0.771. The van der Waals surface area contributed by atoms with Crippen LogP contribution in [0.5, 0.6) is 0 Å². The Labute approximate surface area is 91.9 Å². The smallest absolute Gasteiger partial charge is 0.0178 e. The van der Waals surface area contributed by atoms with Crippen LogP contribution in [0.4, 0.5) is 0 Å². The molecule has 82 valence electrons. The maximum Gasteiger partial charge on any atom is 0.0178 e. The van der Waals surface area contributed by atoms with Crippen molar-refractivity contribution in [2.75, 3.05) is 13.1 Å². The van der Waals surface area contributed by atoms with Gasteiger partial charge in [-0.2, -0.15) is 0 Å². The molecular formula is C13H20N2. The number of nitrogens with two attached hydrogens (primary N) is 1. The van der Waals surface area contributed by atoms with Crippen molar-refractivity contribution in [2.45, 2.75) is 25.8 Å². The summed E-state index contributed by atoms with van der Waals surface area (Å²) >= 11 is 0. The van der Waals surface area contributed by atoms with E-state index in [0.717, 1.165) is 24.9 Å². The molecule has 2 atom stereocenters. The lowest BCUT2D eigenvalue weighted by atomic mass is 9.82. The van der Waals surface area contributed by atoms with Crippen LogP contribution in [0.25, 0.3) is 0 Å². The van der Waals surface area contributed by atoms with Crippen LogP contribution >= 0.6 is 0 Å². The third kappa shape index (κ3) is 2.39. The predicted octanol–water partition coefficient (Wildman–Crippen LogP) is 1.86. The van der Waals surface area contributed by atoms with E-state index in [0.29, 0.717) is 6.54 Å². The first-order chi connectivity index (χ1) is 7.31. The minimum atomic E-state index is 0.641. The van der Waals surface area contributed by atoms with E-state index in [1.54, 1.807) is 0 Å². The van der Waals surface area contributed by atoms with Crippen LogP contribution in [0.15, 0.2) is 24.3 Å². The van der Waals surface area contributed by atoms with E-state index in [1.807, 2.05) is 0 Å². The van der Waals surface area contributed by atoms with Crippen molar-refractivity contribution in [1.29, 1.82) is 0 Å². The van der Waals surface area contributed by atoms with Gasteiger partial charge in [0, 0.05) is 6.54 Å². The van der Waals surface area contributed by atoms with E-state index >= 15 is 0 Å². The second-order valence-corrected chi connectivity index (χ2v) is 4.52. The maximum atomic E-state index is 5.60. The van der Waals surface area contributed by atoms with Gasteiger partial charge in [-0.15, -0.1) is 0 Å². The molecule has 1 fully saturated rings. The van der Waals surface area contributed by atoms with Gasteiger partial charge in [-0.25, -0.2) is 0 Å². The molecule has 1 aliphatic heterocycles. The van der Waals surface area contributed by atoms with Gasteiger partial charge in [0.25, 0.3) is 0 Å². The summed E-state index contributed by atoms with van der Waals surface area (Å²) in [7, 11) is 0. The van der Waals surface area contributed by atoms with Crippen molar-refractivity contribution >= 4 is 0 Å². The molecule has 0 aromatic heterocycles. The van der Waals surface area contributed by atoms with E-state index in [-0.39, 0.29) is 0 Å². The first-order valence-corrected chi connectivity index (χ1v) is 5.81. The first kappa shape index (κ1) is 10.7. The zero-order valence-electron chi connectivity index (χ0n) is 9.37. The Kier molecular flexibility index (Phi) is 3.39. The van der Waals surface area contributed by atoms with Gasteiger partial charge in [-0.1, -0.05) is 31.2 Å². The van der Waals surface area contributed by atoms with Crippen LogP contribution in [0, 0.1) is 5.92 Å². The molecule has 2 nitrogen and oxygen atoms in total. The van der Waals surface area contributed by atoms with E-state index in [4.69, 9.17) is 5.73 Å². The van der Waals surface area contributed by atoms with Crippen molar-refractivity contribution in [3.8, 4) is 0 Å². The Hall–Kier alpha value is -0.860. The molecule has 3 N–H and O–H groups in total. The lowest BCUT2D eigenvalue weighted by Gasteiger charge is -2.30. The van der Waals surface area contributed by atoms with E-state index < -0.39 is 0 Å². The number of hydrogen-bond donors (Lipinski definition) is 2. The van der Waals surface area contributed by atoms with Gasteiger partial charge < -0.3 is 11.1 Å². The molecule has 2 unspecified atom stereocenters. The Morgan fingerprint density at radius 1 is 1.33 bits per heavy atom. The summed E-state index contributed by atoms with van der Waals surface area (Å²) in [6.07, 6.45) is 1.25. The van der Waals surface area contributed by atoms with Gasteiger partial charge in [-0.05, 0) is 42.5 Å². The molecule has 2 rings (SSSR count). The Morgan fingerprint density at radius 3 is 2.67 bits per heavy atom. The van der Waals surface area contributed by atoms with Crippen LogP contribution in [0.2, 0.25) is 0 Å². The monoisotopic (exact) mass is 204 g/mol. The molecule has 15 heavy (non-hydrogen) atoms. The summed E-state index contributed by atoms with van der Waals surface area (Å²) in [5, 5.41) is 3.44. The van der Waals surface area contributed by atoms with E-state index in [2.05, 4.69) is 36.5 Å². The number of nitrogens with one attached hydrogen (secondary N) is 1. The fourth-order valence-corrected chi connectivity index (χ4v) is 2.41. The summed E-state index contributed by atoms with van der Waals surface area (Å²) in [5.41, 5.74) is 8.29. The third-order valence-corrected chi connectivity index (χ3v) is 3.43. The number of hydrogen-bond acceptors (Lipinski definition) is 2. The molecule has 2 heteroatoms. The summed E-state index contributed by atoms with van der Waals surface area (Å²) in [6.45, 7) is 5.26. The summed E-state index contributed by atoms with van der Waals surface area (Å²) in [5.74, 6) is 1.46. The molecule has 1 aromatic rings. The highest BCUT2D eigenvalue weighted by Crippen LogP contribution is 2.29. The van der Waals surface area contributed by atoms with Crippen LogP contribution < -0.4 is 11.1 Å². The molecule has 1 saturated heterocycles. The minimum absolute atomic E-state index is 0.641. The highest BCUT2D eigenvalue weighted by Gasteiger charge is 2.22. The van der Waals surface area contributed by atoms with Crippen LogP contribution in [-0.2, 0) is 6.54 Å². The second-order valence-electron chi connectivity index (χ2n) is 4.52. The van der Waals surface area contributed by atoms with Crippen molar-refractivity contribution in [1.82, 2.24) is 5.32 Å². The van der Waals surface area contributed by atoms with Crippen molar-refractivity contribution in [3.63, 3.8) is 0 Å². The van der Waals surface area contributed by atoms with E-state index in [1.165, 1.54) is 17.5 Å². The zero-order valence-corrected chi connectivity index (χ0v) is 9.37. The number of piperidine rings is 1. The average molecular weight is 204 g/mol. The summed E-state index contributed by atoms with van der Waals surface area (Å²) < 4.78 is 0. The van der Waals surface area contributed by atoms with Crippen LogP contribution in [-0.4, -0.2) is 13.1 Å². The van der Waals surface area contributed by atoms with Crippen LogP contribution in [0.3, 0.4) is 0 Å². The van der Waals surface area contributed by atoms with Crippen molar-refractivity contribution < 1.29 is 0 Å². The first-order valence-electron chi connectivity index (χ1n) is 5.81. The Balaban J connectivity index is 2.13. The van der Waals surface area contributed by atoms with E-state index in [9.17, 15) is 0 Å². The molecule has 0 saturated carbocycles. The topological polar surface area (TPSA) is 38.0 Å². The zero-order chi connectivity index (χ0) is 10.7. The van der Waals surface area contributed by atoms with Gasteiger partial charge in [-0.3, -0.25) is 0 Å². The lowest BCUT2D eigenvalue weighted by molar-refractivity contribution is 0.349. The molecule has 1 heterocycles. The summed E-state index contributed by atoms with van der Waals surface area (Å²) in [4.78, 5) is 0. The number of benzene rings is 1. The molecule has 0 radical (unpaired) electrons. The average Bonchev–Trinajstić information content (AvgIpc) is 2.30. The van der Waals surface area contributed by atoms with Gasteiger partial charge >= 0.3 is 0 Å². The van der Waals surface area contributed by atoms with Gasteiger partial charge in [0.05, 0.1) is 0 Å². The molecule has 1 aliphatic rings. The largest absolute Gasteiger partial charge is 0.326 e. The van der Waals surface area contributed by atoms with Gasteiger partial charge in [0.1, 0.15) is 0 Å². The number of rotatable bonds is 2. The lowest BCUT2D eigenvalue weighted by Crippen LogP contribution is -2.33.